The molecule has 120 valence electrons. The zero-order valence-electron chi connectivity index (χ0n) is 13.2. The second kappa shape index (κ2) is 6.16. The Morgan fingerprint density at radius 2 is 2.00 bits per heavy atom. The molecule has 0 aliphatic heterocycles. The van der Waals surface area contributed by atoms with E-state index >= 15 is 0 Å². The maximum atomic E-state index is 12.6. The number of hydrogen-bond donors (Lipinski definition) is 1. The lowest BCUT2D eigenvalue weighted by Gasteiger charge is -2.28. The van der Waals surface area contributed by atoms with Crippen molar-refractivity contribution in [1.82, 2.24) is 20.2 Å². The van der Waals surface area contributed by atoms with E-state index in [1.165, 1.54) is 6.33 Å². The molecule has 0 saturated heterocycles. The number of carbonyl (C=O) groups is 1. The molecule has 6 heteroatoms. The average Bonchev–Trinajstić information content (AvgIpc) is 3.35. The Morgan fingerprint density at radius 1 is 1.30 bits per heavy atom. The first-order valence-corrected chi connectivity index (χ1v) is 7.96. The van der Waals surface area contributed by atoms with E-state index in [2.05, 4.69) is 15.3 Å². The van der Waals surface area contributed by atoms with Gasteiger partial charge in [-0.05, 0) is 43.5 Å². The number of aromatic nitrogens is 2. The van der Waals surface area contributed by atoms with Gasteiger partial charge in [0.05, 0.1) is 17.3 Å². The highest BCUT2D eigenvalue weighted by molar-refractivity contribution is 6.30. The zero-order chi connectivity index (χ0) is 16.4. The summed E-state index contributed by atoms with van der Waals surface area (Å²) in [6.07, 6.45) is 5.06. The van der Waals surface area contributed by atoms with Crippen molar-refractivity contribution >= 4 is 17.6 Å². The van der Waals surface area contributed by atoms with Gasteiger partial charge in [-0.15, -0.1) is 0 Å². The molecule has 0 bridgehead atoms. The highest BCUT2D eigenvalue weighted by Crippen LogP contribution is 2.45. The van der Waals surface area contributed by atoms with Gasteiger partial charge >= 0.3 is 6.03 Å². The molecule has 1 heterocycles. The molecule has 1 aliphatic carbocycles. The number of amides is 2. The lowest BCUT2D eigenvalue weighted by molar-refractivity contribution is 0.188. The summed E-state index contributed by atoms with van der Waals surface area (Å²) in [7, 11) is 1.78. The minimum absolute atomic E-state index is 0.108. The summed E-state index contributed by atoms with van der Waals surface area (Å²) in [5.74, 6) is 0. The Hall–Kier alpha value is -2.14. The molecular weight excluding hydrogens is 312 g/mol. The fraction of sp³-hybridized carbons (Fsp3) is 0.353. The van der Waals surface area contributed by atoms with Crippen molar-refractivity contribution in [3.8, 4) is 0 Å². The Balaban J connectivity index is 1.70. The smallest absolute Gasteiger partial charge is 0.318 e. The number of nitrogens with one attached hydrogen (secondary N) is 1. The molecule has 0 radical (unpaired) electrons. The molecule has 1 aliphatic rings. The van der Waals surface area contributed by atoms with Crippen molar-refractivity contribution in [2.24, 2.45) is 0 Å². The number of urea groups is 1. The number of benzene rings is 1. The van der Waals surface area contributed by atoms with E-state index in [0.29, 0.717) is 5.02 Å². The predicted octanol–water partition coefficient (Wildman–Crippen LogP) is 3.52. The average molecular weight is 331 g/mol. The van der Waals surface area contributed by atoms with Gasteiger partial charge in [0.25, 0.3) is 0 Å². The van der Waals surface area contributed by atoms with E-state index in [4.69, 9.17) is 11.6 Å². The number of rotatable bonds is 4. The third-order valence-electron chi connectivity index (χ3n) is 4.43. The fourth-order valence-electron chi connectivity index (χ4n) is 2.59. The molecule has 1 aromatic carbocycles. The summed E-state index contributed by atoms with van der Waals surface area (Å²) >= 11 is 5.94. The Kier molecular flexibility index (Phi) is 4.22. The summed E-state index contributed by atoms with van der Waals surface area (Å²) in [5, 5.41) is 3.85. The van der Waals surface area contributed by atoms with E-state index < -0.39 is 0 Å². The van der Waals surface area contributed by atoms with Crippen LogP contribution in [0.4, 0.5) is 4.79 Å². The molecule has 3 rings (SSSR count). The molecule has 1 saturated carbocycles. The van der Waals surface area contributed by atoms with E-state index in [1.54, 1.807) is 18.1 Å². The lowest BCUT2D eigenvalue weighted by atomic mass is 10.1. The first kappa shape index (κ1) is 15.7. The van der Waals surface area contributed by atoms with Gasteiger partial charge in [-0.3, -0.25) is 0 Å². The van der Waals surface area contributed by atoms with Gasteiger partial charge in [0.1, 0.15) is 6.33 Å². The second-order valence-corrected chi connectivity index (χ2v) is 6.38. The summed E-state index contributed by atoms with van der Waals surface area (Å²) < 4.78 is 0. The SMILES string of the molecule is CC(c1ccncn1)N(C)C(=O)NC1(c2ccc(Cl)cc2)CC1. The number of carbonyl (C=O) groups excluding carboxylic acids is 1. The summed E-state index contributed by atoms with van der Waals surface area (Å²) in [6.45, 7) is 1.95. The van der Waals surface area contributed by atoms with E-state index in [1.807, 2.05) is 37.3 Å². The highest BCUT2D eigenvalue weighted by Gasteiger charge is 2.46. The van der Waals surface area contributed by atoms with Crippen LogP contribution in [-0.2, 0) is 5.54 Å². The zero-order valence-corrected chi connectivity index (χ0v) is 13.9. The van der Waals surface area contributed by atoms with E-state index in [0.717, 1.165) is 24.1 Å². The summed E-state index contributed by atoms with van der Waals surface area (Å²) in [4.78, 5) is 22.4. The Bertz CT molecular complexity index is 685. The molecule has 1 N–H and O–H groups in total. The van der Waals surface area contributed by atoms with Crippen molar-refractivity contribution < 1.29 is 4.79 Å². The minimum atomic E-state index is -0.263. The highest BCUT2D eigenvalue weighted by atomic mass is 35.5. The predicted molar refractivity (Wildman–Crippen MR) is 89.1 cm³/mol. The van der Waals surface area contributed by atoms with Crippen molar-refractivity contribution in [3.05, 3.63) is 59.1 Å². The van der Waals surface area contributed by atoms with Gasteiger partial charge in [-0.1, -0.05) is 23.7 Å². The molecule has 2 aromatic rings. The normalized spacial score (nSPS) is 16.5. The van der Waals surface area contributed by atoms with Gasteiger partial charge in [0.15, 0.2) is 0 Å². The van der Waals surface area contributed by atoms with Crippen LogP contribution < -0.4 is 5.32 Å². The molecule has 0 spiro atoms. The van der Waals surface area contributed by atoms with E-state index in [-0.39, 0.29) is 17.6 Å². The van der Waals surface area contributed by atoms with Crippen LogP contribution in [0.3, 0.4) is 0 Å². The van der Waals surface area contributed by atoms with Gasteiger partial charge in [0, 0.05) is 18.3 Å². The van der Waals surface area contributed by atoms with Crippen LogP contribution in [0.25, 0.3) is 0 Å². The van der Waals surface area contributed by atoms with Gasteiger partial charge in [-0.25, -0.2) is 14.8 Å². The lowest BCUT2D eigenvalue weighted by Crippen LogP contribution is -2.44. The number of hydrogen-bond acceptors (Lipinski definition) is 3. The molecule has 1 unspecified atom stereocenters. The number of halogens is 1. The topological polar surface area (TPSA) is 58.1 Å². The molecule has 2 amide bonds. The largest absolute Gasteiger partial charge is 0.328 e. The first-order chi connectivity index (χ1) is 11.0. The molecular formula is C17H19ClN4O. The van der Waals surface area contributed by atoms with Crippen molar-refractivity contribution in [1.29, 1.82) is 0 Å². The van der Waals surface area contributed by atoms with Crippen LogP contribution in [0.1, 0.15) is 37.1 Å². The molecule has 23 heavy (non-hydrogen) atoms. The van der Waals surface area contributed by atoms with Crippen LogP contribution >= 0.6 is 11.6 Å². The summed E-state index contributed by atoms with van der Waals surface area (Å²) in [5.41, 5.74) is 1.65. The summed E-state index contributed by atoms with van der Waals surface area (Å²) in [6, 6.07) is 9.25. The first-order valence-electron chi connectivity index (χ1n) is 7.59. The Morgan fingerprint density at radius 3 is 2.57 bits per heavy atom. The molecule has 1 atom stereocenters. The maximum Gasteiger partial charge on any atom is 0.318 e. The minimum Gasteiger partial charge on any atom is -0.328 e. The van der Waals surface area contributed by atoms with Crippen molar-refractivity contribution in [3.63, 3.8) is 0 Å². The standard InChI is InChI=1S/C17H19ClN4O/c1-12(15-7-10-19-11-20-15)22(2)16(23)21-17(8-9-17)13-3-5-14(18)6-4-13/h3-7,10-12H,8-9H2,1-2H3,(H,21,23). The van der Waals surface area contributed by atoms with Crippen molar-refractivity contribution in [2.75, 3.05) is 7.05 Å². The van der Waals surface area contributed by atoms with Gasteiger partial charge in [0.2, 0.25) is 0 Å². The quantitative estimate of drug-likeness (QED) is 0.933. The molecule has 1 fully saturated rings. The van der Waals surface area contributed by atoms with Crippen LogP contribution in [-0.4, -0.2) is 27.9 Å². The number of nitrogens with zero attached hydrogens (tertiary/aromatic N) is 3. The van der Waals surface area contributed by atoms with Crippen LogP contribution in [0.2, 0.25) is 5.02 Å². The van der Waals surface area contributed by atoms with Crippen LogP contribution in [0.5, 0.6) is 0 Å². The fourth-order valence-corrected chi connectivity index (χ4v) is 2.72. The third kappa shape index (κ3) is 3.29. The third-order valence-corrected chi connectivity index (χ3v) is 4.68. The van der Waals surface area contributed by atoms with Crippen LogP contribution in [0, 0.1) is 0 Å². The Labute approximate surface area is 140 Å². The second-order valence-electron chi connectivity index (χ2n) is 5.94. The van der Waals surface area contributed by atoms with E-state index in [9.17, 15) is 4.79 Å². The monoisotopic (exact) mass is 330 g/mol. The molecule has 5 nitrogen and oxygen atoms in total. The maximum absolute atomic E-state index is 12.6. The molecule has 1 aromatic heterocycles. The van der Waals surface area contributed by atoms with Crippen LogP contribution in [0.15, 0.2) is 42.9 Å². The van der Waals surface area contributed by atoms with Crippen molar-refractivity contribution in [2.45, 2.75) is 31.3 Å². The van der Waals surface area contributed by atoms with Gasteiger partial charge in [-0.2, -0.15) is 0 Å². The van der Waals surface area contributed by atoms with Gasteiger partial charge < -0.3 is 10.2 Å².